The van der Waals surface area contributed by atoms with Crippen LogP contribution in [0.25, 0.3) is 10.9 Å². The molecule has 1 aromatic heterocycles. The maximum atomic E-state index is 13.7. The van der Waals surface area contributed by atoms with Gasteiger partial charge in [-0.15, -0.1) is 0 Å². The second kappa shape index (κ2) is 9.92. The molecular weight excluding hydrogens is 488 g/mol. The van der Waals surface area contributed by atoms with E-state index in [-0.39, 0.29) is 35.2 Å². The SMILES string of the molecule is COC(=O)c1cccc(S(=O)(=O)N(Cc2cc3cc4c(cc3[nH]c2=O)OCCO4)C[C@H]2CCCO2)c1. The molecule has 1 N–H and O–H groups in total. The summed E-state index contributed by atoms with van der Waals surface area (Å²) in [6, 6.07) is 10.8. The zero-order valence-electron chi connectivity index (χ0n) is 19.7. The molecule has 0 unspecified atom stereocenters. The molecule has 1 atom stereocenters. The highest BCUT2D eigenvalue weighted by molar-refractivity contribution is 7.89. The van der Waals surface area contributed by atoms with E-state index in [1.807, 2.05) is 0 Å². The number of benzene rings is 2. The van der Waals surface area contributed by atoms with E-state index < -0.39 is 21.6 Å². The Morgan fingerprint density at radius 2 is 1.89 bits per heavy atom. The van der Waals surface area contributed by atoms with E-state index in [4.69, 9.17) is 18.9 Å². The Kier molecular flexibility index (Phi) is 6.69. The maximum absolute atomic E-state index is 13.7. The number of nitrogens with zero attached hydrogens (tertiary/aromatic N) is 1. The molecular formula is C25H26N2O8S. The fourth-order valence-corrected chi connectivity index (χ4v) is 5.91. The number of hydrogen-bond acceptors (Lipinski definition) is 8. The van der Waals surface area contributed by atoms with Gasteiger partial charge in [0, 0.05) is 36.7 Å². The first-order chi connectivity index (χ1) is 17.3. The summed E-state index contributed by atoms with van der Waals surface area (Å²) in [6.07, 6.45) is 1.26. The van der Waals surface area contributed by atoms with Crippen LogP contribution in [0.5, 0.6) is 11.5 Å². The number of aromatic nitrogens is 1. The van der Waals surface area contributed by atoms with Gasteiger partial charge in [0.1, 0.15) is 13.2 Å². The van der Waals surface area contributed by atoms with Crippen LogP contribution in [0.15, 0.2) is 52.2 Å². The lowest BCUT2D eigenvalue weighted by atomic mass is 10.1. The van der Waals surface area contributed by atoms with Crippen LogP contribution in [0.4, 0.5) is 0 Å². The highest BCUT2D eigenvalue weighted by Gasteiger charge is 2.30. The molecule has 36 heavy (non-hydrogen) atoms. The Morgan fingerprint density at radius 3 is 2.61 bits per heavy atom. The van der Waals surface area contributed by atoms with E-state index >= 15 is 0 Å². The number of pyridine rings is 1. The largest absolute Gasteiger partial charge is 0.486 e. The lowest BCUT2D eigenvalue weighted by Gasteiger charge is -2.25. The number of nitrogens with one attached hydrogen (secondary N) is 1. The molecule has 0 amide bonds. The minimum absolute atomic E-state index is 0.0692. The highest BCUT2D eigenvalue weighted by Crippen LogP contribution is 2.34. The van der Waals surface area contributed by atoms with E-state index in [1.54, 1.807) is 18.2 Å². The monoisotopic (exact) mass is 514 g/mol. The van der Waals surface area contributed by atoms with Gasteiger partial charge in [-0.3, -0.25) is 4.79 Å². The van der Waals surface area contributed by atoms with E-state index in [0.29, 0.717) is 48.6 Å². The van der Waals surface area contributed by atoms with Crippen LogP contribution >= 0.6 is 0 Å². The summed E-state index contributed by atoms with van der Waals surface area (Å²) in [6.45, 7) is 1.30. The third-order valence-electron chi connectivity index (χ3n) is 6.25. The van der Waals surface area contributed by atoms with Crippen LogP contribution in [0.2, 0.25) is 0 Å². The summed E-state index contributed by atoms with van der Waals surface area (Å²) in [4.78, 5) is 27.7. The fraction of sp³-hybridized carbons (Fsp3) is 0.360. The average molecular weight is 515 g/mol. The van der Waals surface area contributed by atoms with Crippen molar-refractivity contribution in [3.63, 3.8) is 0 Å². The summed E-state index contributed by atoms with van der Waals surface area (Å²) in [5, 5.41) is 0.691. The predicted octanol–water partition coefficient (Wildman–Crippen LogP) is 2.46. The van der Waals surface area contributed by atoms with Crippen LogP contribution in [-0.2, 0) is 26.0 Å². The normalized spacial score (nSPS) is 17.4. The molecule has 3 aromatic rings. The standard InChI is InChI=1S/C25H26N2O8S/c1-32-25(29)16-4-2-6-20(11-16)36(30,31)27(15-19-5-3-7-33-19)14-18-10-17-12-22-23(35-9-8-34-22)13-21(17)26-24(18)28/h2,4,6,10-13,19H,3,5,7-9,14-15H2,1H3,(H,26,28)/t19-/m1/s1. The molecule has 0 saturated carbocycles. The minimum atomic E-state index is -4.09. The third-order valence-corrected chi connectivity index (χ3v) is 8.06. The first-order valence-electron chi connectivity index (χ1n) is 11.6. The topological polar surface area (TPSA) is 124 Å². The lowest BCUT2D eigenvalue weighted by Crippen LogP contribution is -2.38. The Hall–Kier alpha value is -3.41. The van der Waals surface area contributed by atoms with Crippen LogP contribution < -0.4 is 15.0 Å². The first-order valence-corrected chi connectivity index (χ1v) is 13.0. The molecule has 0 spiro atoms. The van der Waals surface area contributed by atoms with Gasteiger partial charge in [-0.2, -0.15) is 4.31 Å². The van der Waals surface area contributed by atoms with Crippen molar-refractivity contribution in [3.8, 4) is 11.5 Å². The molecule has 0 aliphatic carbocycles. The van der Waals surface area contributed by atoms with Crippen LogP contribution in [-0.4, -0.2) is 63.3 Å². The van der Waals surface area contributed by atoms with Gasteiger partial charge >= 0.3 is 5.97 Å². The molecule has 1 saturated heterocycles. The van der Waals surface area contributed by atoms with Gasteiger partial charge in [0.2, 0.25) is 10.0 Å². The number of rotatable bonds is 7. The van der Waals surface area contributed by atoms with Gasteiger partial charge in [0.15, 0.2) is 11.5 Å². The molecule has 0 radical (unpaired) electrons. The van der Waals surface area contributed by atoms with Gasteiger partial charge in [-0.05, 0) is 43.2 Å². The number of fused-ring (bicyclic) bond motifs is 2. The molecule has 2 aliphatic rings. The van der Waals surface area contributed by atoms with Crippen molar-refractivity contribution >= 4 is 26.9 Å². The van der Waals surface area contributed by atoms with E-state index in [2.05, 4.69) is 4.98 Å². The number of carbonyl (C=O) groups excluding carboxylic acids is 1. The second-order valence-electron chi connectivity index (χ2n) is 8.66. The van der Waals surface area contributed by atoms with Crippen molar-refractivity contribution < 1.29 is 32.2 Å². The first kappa shape index (κ1) is 24.3. The predicted molar refractivity (Wildman–Crippen MR) is 130 cm³/mol. The van der Waals surface area contributed by atoms with Crippen LogP contribution in [0, 0.1) is 0 Å². The van der Waals surface area contributed by atoms with E-state index in [0.717, 1.165) is 6.42 Å². The summed E-state index contributed by atoms with van der Waals surface area (Å²) < 4.78 is 50.3. The number of carbonyl (C=O) groups is 1. The molecule has 10 nitrogen and oxygen atoms in total. The molecule has 2 aromatic carbocycles. The van der Waals surface area contributed by atoms with Gasteiger partial charge in [0.05, 0.1) is 29.2 Å². The maximum Gasteiger partial charge on any atom is 0.337 e. The minimum Gasteiger partial charge on any atom is -0.486 e. The Morgan fingerprint density at radius 1 is 1.11 bits per heavy atom. The van der Waals surface area contributed by atoms with Crippen molar-refractivity contribution in [2.24, 2.45) is 0 Å². The number of sulfonamides is 1. The Bertz CT molecular complexity index is 1460. The lowest BCUT2D eigenvalue weighted by molar-refractivity contribution is 0.0600. The van der Waals surface area contributed by atoms with Crippen molar-refractivity contribution in [2.75, 3.05) is 33.5 Å². The van der Waals surface area contributed by atoms with Crippen LogP contribution in [0.1, 0.15) is 28.8 Å². The Labute approximate surface area is 207 Å². The molecule has 11 heteroatoms. The molecule has 1 fully saturated rings. The summed E-state index contributed by atoms with van der Waals surface area (Å²) in [7, 11) is -2.86. The van der Waals surface area contributed by atoms with Crippen molar-refractivity contribution in [2.45, 2.75) is 30.4 Å². The third kappa shape index (κ3) is 4.81. The number of methoxy groups -OCH3 is 1. The zero-order chi connectivity index (χ0) is 25.3. The molecule has 0 bridgehead atoms. The van der Waals surface area contributed by atoms with Gasteiger partial charge < -0.3 is 23.9 Å². The van der Waals surface area contributed by atoms with E-state index in [1.165, 1.54) is 35.7 Å². The van der Waals surface area contributed by atoms with E-state index in [9.17, 15) is 18.0 Å². The zero-order valence-corrected chi connectivity index (χ0v) is 20.5. The van der Waals surface area contributed by atoms with Crippen LogP contribution in [0.3, 0.4) is 0 Å². The number of H-pyrrole nitrogens is 1. The summed E-state index contributed by atoms with van der Waals surface area (Å²) in [5.41, 5.74) is 0.540. The van der Waals surface area contributed by atoms with Crippen molar-refractivity contribution in [1.82, 2.24) is 9.29 Å². The highest BCUT2D eigenvalue weighted by atomic mass is 32.2. The number of aromatic amines is 1. The quantitative estimate of drug-likeness (QED) is 0.477. The van der Waals surface area contributed by atoms with Gasteiger partial charge in [0.25, 0.3) is 5.56 Å². The molecule has 5 rings (SSSR count). The summed E-state index contributed by atoms with van der Waals surface area (Å²) in [5.74, 6) is 0.471. The molecule has 190 valence electrons. The van der Waals surface area contributed by atoms with Crippen molar-refractivity contribution in [3.05, 3.63) is 63.9 Å². The Balaban J connectivity index is 1.52. The summed E-state index contributed by atoms with van der Waals surface area (Å²) >= 11 is 0. The smallest absolute Gasteiger partial charge is 0.337 e. The van der Waals surface area contributed by atoms with Gasteiger partial charge in [-0.1, -0.05) is 6.07 Å². The molecule has 3 heterocycles. The number of ether oxygens (including phenoxy) is 4. The number of esters is 1. The second-order valence-corrected chi connectivity index (χ2v) is 10.6. The molecule has 2 aliphatic heterocycles. The van der Waals surface area contributed by atoms with Gasteiger partial charge in [-0.25, -0.2) is 13.2 Å². The average Bonchev–Trinajstić information content (AvgIpc) is 3.40. The van der Waals surface area contributed by atoms with Crippen molar-refractivity contribution in [1.29, 1.82) is 0 Å². The number of hydrogen-bond donors (Lipinski definition) is 1. The fourth-order valence-electron chi connectivity index (χ4n) is 4.41.